The van der Waals surface area contributed by atoms with Crippen molar-refractivity contribution in [3.63, 3.8) is 0 Å². The zero-order valence-corrected chi connectivity index (χ0v) is 16.0. The largest absolute Gasteiger partial charge is 0.348 e. The summed E-state index contributed by atoms with van der Waals surface area (Å²) in [6.07, 6.45) is 5.39. The Morgan fingerprint density at radius 2 is 1.96 bits per heavy atom. The number of nitrogens with zero attached hydrogens (tertiary/aromatic N) is 1. The molecule has 28 heavy (non-hydrogen) atoms. The average molecular weight is 405 g/mol. The van der Waals surface area contributed by atoms with Gasteiger partial charge in [-0.05, 0) is 54.4 Å². The van der Waals surface area contributed by atoms with Crippen LogP contribution < -0.4 is 10.6 Å². The van der Waals surface area contributed by atoms with Crippen LogP contribution in [0.25, 0.3) is 0 Å². The number of alkyl halides is 2. The number of carbonyl (C=O) groups is 2. The van der Waals surface area contributed by atoms with Crippen LogP contribution in [0.2, 0.25) is 0 Å². The van der Waals surface area contributed by atoms with Gasteiger partial charge in [-0.1, -0.05) is 25.0 Å². The summed E-state index contributed by atoms with van der Waals surface area (Å²) in [5, 5.41) is 5.63. The van der Waals surface area contributed by atoms with Gasteiger partial charge in [0, 0.05) is 24.3 Å². The van der Waals surface area contributed by atoms with E-state index >= 15 is 0 Å². The van der Waals surface area contributed by atoms with Crippen molar-refractivity contribution in [1.29, 1.82) is 0 Å². The zero-order valence-electron chi connectivity index (χ0n) is 15.2. The molecule has 2 amide bonds. The second kappa shape index (κ2) is 9.64. The smallest absolute Gasteiger partial charge is 0.290 e. The molecule has 1 aliphatic carbocycles. The molecule has 1 heterocycles. The highest BCUT2D eigenvalue weighted by Crippen LogP contribution is 2.27. The molecule has 0 saturated heterocycles. The number of hydrogen-bond donors (Lipinski definition) is 2. The fourth-order valence-corrected chi connectivity index (χ4v) is 3.79. The van der Waals surface area contributed by atoms with Crippen LogP contribution in [0.15, 0.2) is 47.6 Å². The maximum absolute atomic E-state index is 12.6. The van der Waals surface area contributed by atoms with Crippen molar-refractivity contribution < 1.29 is 18.4 Å². The van der Waals surface area contributed by atoms with Crippen molar-refractivity contribution >= 4 is 29.3 Å². The molecule has 2 N–H and O–H groups in total. The lowest BCUT2D eigenvalue weighted by molar-refractivity contribution is -0.119. The van der Waals surface area contributed by atoms with Gasteiger partial charge in [-0.3, -0.25) is 9.59 Å². The maximum Gasteiger partial charge on any atom is 0.290 e. The molecule has 0 spiro atoms. The molecule has 1 aliphatic rings. The highest BCUT2D eigenvalue weighted by atomic mass is 32.2. The van der Waals surface area contributed by atoms with Crippen LogP contribution in [0.1, 0.15) is 41.6 Å². The average Bonchev–Trinajstić information content (AvgIpc) is 3.21. The van der Waals surface area contributed by atoms with Gasteiger partial charge in [0.15, 0.2) is 0 Å². The topological polar surface area (TPSA) is 71.1 Å². The number of thioether (sulfide) groups is 1. The van der Waals surface area contributed by atoms with Crippen molar-refractivity contribution in [2.24, 2.45) is 5.92 Å². The number of aromatic nitrogens is 1. The van der Waals surface area contributed by atoms with Crippen molar-refractivity contribution in [3.05, 3.63) is 53.7 Å². The van der Waals surface area contributed by atoms with Crippen LogP contribution in [-0.2, 0) is 11.3 Å². The Bertz CT molecular complexity index is 842. The summed E-state index contributed by atoms with van der Waals surface area (Å²) in [6, 6.07) is 10.2. The minimum atomic E-state index is -2.65. The van der Waals surface area contributed by atoms with E-state index in [0.717, 1.165) is 31.2 Å². The van der Waals surface area contributed by atoms with Gasteiger partial charge in [0.05, 0.1) is 5.56 Å². The molecule has 1 aromatic heterocycles. The van der Waals surface area contributed by atoms with Crippen LogP contribution in [0.5, 0.6) is 0 Å². The lowest BCUT2D eigenvalue weighted by Gasteiger charge is -2.12. The standard InChI is InChI=1S/C20H21F2N3O2S/c21-20(22)28-19-16(9-4-10-23-19)18(27)24-12-13-5-3-8-15(11-13)25-17(26)14-6-1-2-7-14/h3-5,8-11,14,20H,1-2,6-7,12H2,(H,24,27)(H,25,26). The van der Waals surface area contributed by atoms with Gasteiger partial charge >= 0.3 is 0 Å². The number of anilines is 1. The molecule has 0 atom stereocenters. The third kappa shape index (κ3) is 5.51. The second-order valence-corrected chi connectivity index (χ2v) is 7.57. The predicted octanol–water partition coefficient (Wildman–Crippen LogP) is 4.46. The zero-order chi connectivity index (χ0) is 19.9. The molecule has 3 rings (SSSR count). The third-order valence-electron chi connectivity index (χ3n) is 4.59. The van der Waals surface area contributed by atoms with E-state index in [4.69, 9.17) is 0 Å². The summed E-state index contributed by atoms with van der Waals surface area (Å²) in [5.41, 5.74) is 1.59. The van der Waals surface area contributed by atoms with Gasteiger partial charge in [0.25, 0.3) is 11.7 Å². The molecule has 1 aromatic carbocycles. The summed E-state index contributed by atoms with van der Waals surface area (Å²) in [4.78, 5) is 28.5. The first-order chi connectivity index (χ1) is 13.5. The number of amides is 2. The van der Waals surface area contributed by atoms with Crippen molar-refractivity contribution in [2.75, 3.05) is 5.32 Å². The number of halogens is 2. The molecular weight excluding hydrogens is 384 g/mol. The molecule has 0 radical (unpaired) electrons. The number of pyridine rings is 1. The lowest BCUT2D eigenvalue weighted by atomic mass is 10.1. The van der Waals surface area contributed by atoms with E-state index < -0.39 is 11.7 Å². The summed E-state index contributed by atoms with van der Waals surface area (Å²) < 4.78 is 25.3. The maximum atomic E-state index is 12.6. The molecule has 0 unspecified atom stereocenters. The van der Waals surface area contributed by atoms with Gasteiger partial charge in [0.1, 0.15) is 5.03 Å². The van der Waals surface area contributed by atoms with E-state index in [2.05, 4.69) is 15.6 Å². The highest BCUT2D eigenvalue weighted by molar-refractivity contribution is 7.99. The summed E-state index contributed by atoms with van der Waals surface area (Å²) >= 11 is 0.244. The van der Waals surface area contributed by atoms with Crippen LogP contribution in [-0.4, -0.2) is 22.6 Å². The summed E-state index contributed by atoms with van der Waals surface area (Å²) in [7, 11) is 0. The Morgan fingerprint density at radius 1 is 1.18 bits per heavy atom. The number of benzene rings is 1. The fourth-order valence-electron chi connectivity index (χ4n) is 3.21. The Balaban J connectivity index is 1.60. The number of rotatable bonds is 7. The SMILES string of the molecule is O=C(NCc1cccc(NC(=O)C2CCCC2)c1)c1cccnc1SC(F)F. The van der Waals surface area contributed by atoms with Gasteiger partial charge in [-0.15, -0.1) is 0 Å². The number of hydrogen-bond acceptors (Lipinski definition) is 4. The first-order valence-electron chi connectivity index (χ1n) is 9.11. The van der Waals surface area contributed by atoms with Gasteiger partial charge in [0.2, 0.25) is 5.91 Å². The minimum absolute atomic E-state index is 0.00687. The monoisotopic (exact) mass is 405 g/mol. The van der Waals surface area contributed by atoms with Crippen molar-refractivity contribution in [1.82, 2.24) is 10.3 Å². The third-order valence-corrected chi connectivity index (χ3v) is 5.32. The summed E-state index contributed by atoms with van der Waals surface area (Å²) in [6.45, 7) is 0.208. The van der Waals surface area contributed by atoms with Crippen LogP contribution >= 0.6 is 11.8 Å². The van der Waals surface area contributed by atoms with E-state index in [1.807, 2.05) is 6.07 Å². The minimum Gasteiger partial charge on any atom is -0.348 e. The molecule has 5 nitrogen and oxygen atoms in total. The van der Waals surface area contributed by atoms with Crippen LogP contribution in [0.4, 0.5) is 14.5 Å². The van der Waals surface area contributed by atoms with Gasteiger partial charge in [-0.2, -0.15) is 8.78 Å². The van der Waals surface area contributed by atoms with Crippen LogP contribution in [0, 0.1) is 5.92 Å². The fraction of sp³-hybridized carbons (Fsp3) is 0.350. The Hall–Kier alpha value is -2.48. The number of nitrogens with one attached hydrogen (secondary N) is 2. The molecular formula is C20H21F2N3O2S. The van der Waals surface area contributed by atoms with Gasteiger partial charge < -0.3 is 10.6 Å². The second-order valence-electron chi connectivity index (χ2n) is 6.59. The van der Waals surface area contributed by atoms with E-state index in [1.54, 1.807) is 18.2 Å². The molecule has 1 fully saturated rings. The van der Waals surface area contributed by atoms with E-state index in [-0.39, 0.29) is 40.7 Å². The molecule has 0 aliphatic heterocycles. The summed E-state index contributed by atoms with van der Waals surface area (Å²) in [5.74, 6) is -3.03. The Kier molecular flexibility index (Phi) is 6.97. The molecule has 8 heteroatoms. The Labute approximate surface area is 166 Å². The van der Waals surface area contributed by atoms with E-state index in [1.165, 1.54) is 18.3 Å². The van der Waals surface area contributed by atoms with E-state index in [0.29, 0.717) is 5.69 Å². The van der Waals surface area contributed by atoms with Crippen molar-refractivity contribution in [2.45, 2.75) is 43.0 Å². The predicted molar refractivity (Wildman–Crippen MR) is 104 cm³/mol. The quantitative estimate of drug-likeness (QED) is 0.668. The van der Waals surface area contributed by atoms with Crippen molar-refractivity contribution in [3.8, 4) is 0 Å². The normalized spacial score (nSPS) is 14.2. The van der Waals surface area contributed by atoms with Gasteiger partial charge in [-0.25, -0.2) is 4.98 Å². The molecule has 1 saturated carbocycles. The molecule has 0 bridgehead atoms. The molecule has 148 valence electrons. The highest BCUT2D eigenvalue weighted by Gasteiger charge is 2.22. The first kappa shape index (κ1) is 20.3. The lowest BCUT2D eigenvalue weighted by Crippen LogP contribution is -2.24. The van der Waals surface area contributed by atoms with E-state index in [9.17, 15) is 18.4 Å². The number of carbonyl (C=O) groups excluding carboxylic acids is 2. The molecule has 2 aromatic rings. The Morgan fingerprint density at radius 3 is 2.71 bits per heavy atom. The van der Waals surface area contributed by atoms with Crippen LogP contribution in [0.3, 0.4) is 0 Å². The first-order valence-corrected chi connectivity index (χ1v) is 9.98.